The van der Waals surface area contributed by atoms with Gasteiger partial charge in [0.05, 0.1) is 11.1 Å². The van der Waals surface area contributed by atoms with Crippen molar-refractivity contribution in [3.63, 3.8) is 0 Å². The number of nitrogens with zero attached hydrogens (tertiary/aromatic N) is 2. The molecule has 0 saturated heterocycles. The molecular weight excluding hydrogens is 421 g/mol. The Morgan fingerprint density at radius 1 is 1.29 bits per heavy atom. The van der Waals surface area contributed by atoms with Crippen molar-refractivity contribution in [2.24, 2.45) is 17.8 Å². The molecular formula is C24H25F3N2OS. The highest BCUT2D eigenvalue weighted by Gasteiger charge is 2.33. The minimum absolute atomic E-state index is 0.190. The van der Waals surface area contributed by atoms with E-state index < -0.39 is 11.7 Å². The summed E-state index contributed by atoms with van der Waals surface area (Å²) in [5, 5.41) is 2.20. The Kier molecular flexibility index (Phi) is 6.32. The van der Waals surface area contributed by atoms with Gasteiger partial charge in [0.15, 0.2) is 5.58 Å². The number of thiazole rings is 1. The molecule has 0 aliphatic heterocycles. The summed E-state index contributed by atoms with van der Waals surface area (Å²) in [4.78, 5) is 8.46. The Morgan fingerprint density at radius 3 is 2.81 bits per heavy atom. The van der Waals surface area contributed by atoms with Gasteiger partial charge in [0.2, 0.25) is 5.89 Å². The van der Waals surface area contributed by atoms with E-state index >= 15 is 0 Å². The molecule has 0 radical (unpaired) electrons. The second kappa shape index (κ2) is 8.99. The third kappa shape index (κ3) is 4.76. The Labute approximate surface area is 183 Å². The van der Waals surface area contributed by atoms with Gasteiger partial charge in [-0.2, -0.15) is 13.2 Å². The van der Waals surface area contributed by atoms with Crippen molar-refractivity contribution < 1.29 is 17.6 Å². The number of benzene rings is 1. The zero-order valence-corrected chi connectivity index (χ0v) is 18.2. The molecule has 3 unspecified atom stereocenters. The van der Waals surface area contributed by atoms with Crippen LogP contribution in [0.2, 0.25) is 0 Å². The first-order valence-electron chi connectivity index (χ1n) is 10.6. The van der Waals surface area contributed by atoms with E-state index in [1.54, 1.807) is 17.7 Å². The number of fused-ring (bicyclic) bond motifs is 1. The van der Waals surface area contributed by atoms with Gasteiger partial charge in [-0.3, -0.25) is 0 Å². The maximum absolute atomic E-state index is 13.4. The van der Waals surface area contributed by atoms with Crippen molar-refractivity contribution in [2.45, 2.75) is 45.2 Å². The lowest BCUT2D eigenvalue weighted by molar-refractivity contribution is -0.137. The van der Waals surface area contributed by atoms with Crippen molar-refractivity contribution in [2.75, 3.05) is 0 Å². The molecule has 0 spiro atoms. The Balaban J connectivity index is 1.56. The van der Waals surface area contributed by atoms with Crippen LogP contribution >= 0.6 is 11.3 Å². The number of hydrogen-bond donors (Lipinski definition) is 0. The van der Waals surface area contributed by atoms with Crippen LogP contribution in [0.3, 0.4) is 0 Å². The van der Waals surface area contributed by atoms with E-state index in [-0.39, 0.29) is 5.52 Å². The Bertz CT molecular complexity index is 1070. The molecule has 1 fully saturated rings. The summed E-state index contributed by atoms with van der Waals surface area (Å²) in [5.74, 6) is 2.17. The molecule has 3 aromatic rings. The van der Waals surface area contributed by atoms with Gasteiger partial charge < -0.3 is 4.42 Å². The molecule has 164 valence electrons. The summed E-state index contributed by atoms with van der Waals surface area (Å²) in [7, 11) is 0. The zero-order chi connectivity index (χ0) is 22.0. The van der Waals surface area contributed by atoms with Gasteiger partial charge in [-0.1, -0.05) is 25.5 Å². The van der Waals surface area contributed by atoms with Crippen molar-refractivity contribution in [3.8, 4) is 10.6 Å². The number of allylic oxidation sites excluding steroid dienone is 2. The summed E-state index contributed by atoms with van der Waals surface area (Å²) in [6, 6.07) is 2.12. The Morgan fingerprint density at radius 2 is 2.13 bits per heavy atom. The van der Waals surface area contributed by atoms with E-state index in [9.17, 15) is 13.2 Å². The third-order valence-electron chi connectivity index (χ3n) is 6.21. The molecule has 0 amide bonds. The smallest absolute Gasteiger partial charge is 0.416 e. The van der Waals surface area contributed by atoms with Crippen LogP contribution in [0.4, 0.5) is 13.2 Å². The first-order valence-corrected chi connectivity index (χ1v) is 11.5. The van der Waals surface area contributed by atoms with Crippen LogP contribution in [0.15, 0.2) is 46.9 Å². The fourth-order valence-corrected chi connectivity index (χ4v) is 5.18. The fraction of sp³-hybridized carbons (Fsp3) is 0.417. The predicted molar refractivity (Wildman–Crippen MR) is 119 cm³/mol. The summed E-state index contributed by atoms with van der Waals surface area (Å²) in [6.45, 7) is 6.23. The van der Waals surface area contributed by atoms with Crippen molar-refractivity contribution >= 4 is 28.5 Å². The van der Waals surface area contributed by atoms with Gasteiger partial charge in [0.1, 0.15) is 10.5 Å². The van der Waals surface area contributed by atoms with Gasteiger partial charge in [-0.25, -0.2) is 9.97 Å². The number of alkyl halides is 3. The van der Waals surface area contributed by atoms with Crippen molar-refractivity contribution in [3.05, 3.63) is 53.9 Å². The monoisotopic (exact) mass is 446 g/mol. The van der Waals surface area contributed by atoms with E-state index in [2.05, 4.69) is 29.5 Å². The lowest BCUT2D eigenvalue weighted by Crippen LogP contribution is -2.22. The standard InChI is InChI=1S/C24H25F3N2OS/c1-3-16-9-8-15(12-17(16)4-2)6-5-7-21-29-20-14-18(24(25,26)27)13-19(22(20)30-21)23-28-10-11-31-23/h4-5,7,10-11,13-17H,2-3,6,8-9,12H2,1H3/b7-5+. The maximum atomic E-state index is 13.4. The molecule has 1 aliphatic rings. The molecule has 31 heavy (non-hydrogen) atoms. The Hall–Kier alpha value is -2.41. The van der Waals surface area contributed by atoms with Gasteiger partial charge >= 0.3 is 6.18 Å². The average molecular weight is 447 g/mol. The molecule has 1 aromatic carbocycles. The van der Waals surface area contributed by atoms with E-state index in [4.69, 9.17) is 4.42 Å². The first kappa shape index (κ1) is 21.8. The lowest BCUT2D eigenvalue weighted by atomic mass is 9.72. The first-order chi connectivity index (χ1) is 14.9. The van der Waals surface area contributed by atoms with Gasteiger partial charge in [0, 0.05) is 11.6 Å². The second-order valence-corrected chi connectivity index (χ2v) is 9.04. The predicted octanol–water partition coefficient (Wildman–Crippen LogP) is 8.00. The summed E-state index contributed by atoms with van der Waals surface area (Å²) in [6.07, 6.45) is 8.59. The van der Waals surface area contributed by atoms with Crippen LogP contribution in [0.5, 0.6) is 0 Å². The SMILES string of the molecule is C=CC1CC(C/C=C/c2nc3cc(C(F)(F)F)cc(-c4nccs4)c3o2)CCC1CC. The molecule has 3 nitrogen and oxygen atoms in total. The molecule has 2 heterocycles. The van der Waals surface area contributed by atoms with Gasteiger partial charge in [-0.15, -0.1) is 17.9 Å². The molecule has 3 atom stereocenters. The van der Waals surface area contributed by atoms with Crippen LogP contribution in [0.1, 0.15) is 50.5 Å². The van der Waals surface area contributed by atoms with E-state index in [0.29, 0.717) is 33.9 Å². The van der Waals surface area contributed by atoms with Crippen LogP contribution in [-0.4, -0.2) is 9.97 Å². The summed E-state index contributed by atoms with van der Waals surface area (Å²) >= 11 is 1.27. The van der Waals surface area contributed by atoms with E-state index in [1.165, 1.54) is 30.6 Å². The van der Waals surface area contributed by atoms with Crippen molar-refractivity contribution in [1.29, 1.82) is 0 Å². The number of hydrogen-bond acceptors (Lipinski definition) is 4. The highest BCUT2D eigenvalue weighted by Crippen LogP contribution is 2.39. The van der Waals surface area contributed by atoms with Crippen molar-refractivity contribution in [1.82, 2.24) is 9.97 Å². The lowest BCUT2D eigenvalue weighted by Gasteiger charge is -2.33. The topological polar surface area (TPSA) is 38.9 Å². The number of aromatic nitrogens is 2. The molecule has 1 saturated carbocycles. The second-order valence-electron chi connectivity index (χ2n) is 8.14. The minimum Gasteiger partial charge on any atom is -0.436 e. The summed E-state index contributed by atoms with van der Waals surface area (Å²) in [5.41, 5.74) is 0.0866. The van der Waals surface area contributed by atoms with Crippen LogP contribution in [0.25, 0.3) is 27.7 Å². The molecule has 0 N–H and O–H groups in total. The maximum Gasteiger partial charge on any atom is 0.416 e. The number of oxazole rings is 1. The molecule has 0 bridgehead atoms. The highest BCUT2D eigenvalue weighted by molar-refractivity contribution is 7.13. The van der Waals surface area contributed by atoms with Crippen LogP contribution in [-0.2, 0) is 6.18 Å². The van der Waals surface area contributed by atoms with E-state index in [0.717, 1.165) is 30.9 Å². The van der Waals surface area contributed by atoms with E-state index in [1.807, 2.05) is 6.08 Å². The highest BCUT2D eigenvalue weighted by atomic mass is 32.1. The van der Waals surface area contributed by atoms with Gasteiger partial charge in [-0.05, 0) is 61.6 Å². The third-order valence-corrected chi connectivity index (χ3v) is 7.02. The normalized spacial score (nSPS) is 22.4. The molecule has 4 rings (SSSR count). The minimum atomic E-state index is -4.46. The number of rotatable bonds is 6. The van der Waals surface area contributed by atoms with Crippen LogP contribution in [0, 0.1) is 17.8 Å². The average Bonchev–Trinajstić information content (AvgIpc) is 3.42. The summed E-state index contributed by atoms with van der Waals surface area (Å²) < 4.78 is 46.0. The van der Waals surface area contributed by atoms with Gasteiger partial charge in [0.25, 0.3) is 0 Å². The quantitative estimate of drug-likeness (QED) is 0.360. The largest absolute Gasteiger partial charge is 0.436 e. The van der Waals surface area contributed by atoms with Crippen LogP contribution < -0.4 is 0 Å². The fourth-order valence-electron chi connectivity index (χ4n) is 4.53. The molecule has 2 aromatic heterocycles. The number of halogens is 3. The zero-order valence-electron chi connectivity index (χ0n) is 17.4. The molecule has 7 heteroatoms. The molecule has 1 aliphatic carbocycles.